The Morgan fingerprint density at radius 2 is 1.94 bits per heavy atom. The highest BCUT2D eigenvalue weighted by Gasteiger charge is 2.29. The van der Waals surface area contributed by atoms with Crippen LogP contribution in [0.1, 0.15) is 51.1 Å². The molecule has 1 aromatic rings. The topological polar surface area (TPSA) is 84.9 Å². The molecule has 2 saturated carbocycles. The highest BCUT2D eigenvalue weighted by Crippen LogP contribution is 2.37. The maximum absolute atomic E-state index is 12.0. The highest BCUT2D eigenvalue weighted by molar-refractivity contribution is 6.00. The summed E-state index contributed by atoms with van der Waals surface area (Å²) >= 11 is 0. The van der Waals surface area contributed by atoms with Gasteiger partial charge in [0.2, 0.25) is 5.91 Å². The van der Waals surface area contributed by atoms with E-state index in [0.717, 1.165) is 69.2 Å². The van der Waals surface area contributed by atoms with Crippen molar-refractivity contribution in [1.82, 2.24) is 25.4 Å². The van der Waals surface area contributed by atoms with Gasteiger partial charge >= 0.3 is 0 Å². The molecule has 3 aliphatic rings. The minimum Gasteiger partial charge on any atom is -0.356 e. The molecule has 0 radical (unpaired) electrons. The summed E-state index contributed by atoms with van der Waals surface area (Å²) < 4.78 is 0. The minimum absolute atomic E-state index is 0.205. The third kappa shape index (κ3) is 7.90. The average Bonchev–Trinajstić information content (AvgIpc) is 3.66. The first-order valence-corrected chi connectivity index (χ1v) is 13.6. The summed E-state index contributed by atoms with van der Waals surface area (Å²) in [5, 5.41) is 9.80. The van der Waals surface area contributed by atoms with Crippen LogP contribution in [0.25, 0.3) is 0 Å². The Bertz CT molecular complexity index is 939. The molecule has 4 rings (SSSR count). The van der Waals surface area contributed by atoms with Gasteiger partial charge in [-0.1, -0.05) is 19.1 Å². The number of piperazine rings is 1. The van der Waals surface area contributed by atoms with Crippen molar-refractivity contribution in [3.8, 4) is 0 Å². The summed E-state index contributed by atoms with van der Waals surface area (Å²) in [6.45, 7) is 12.9. The van der Waals surface area contributed by atoms with Crippen molar-refractivity contribution in [2.75, 3.05) is 51.6 Å². The molecule has 1 saturated heterocycles. The summed E-state index contributed by atoms with van der Waals surface area (Å²) in [7, 11) is 2.17. The quantitative estimate of drug-likeness (QED) is 0.235. The van der Waals surface area contributed by atoms with Crippen LogP contribution in [-0.4, -0.2) is 72.8 Å². The van der Waals surface area contributed by atoms with Gasteiger partial charge < -0.3 is 20.9 Å². The number of likely N-dealkylation sites (N-methyl/N-ethyl adjacent to an activating group) is 1. The Balaban J connectivity index is 1.26. The minimum atomic E-state index is 0.205. The van der Waals surface area contributed by atoms with E-state index in [1.165, 1.54) is 24.8 Å². The third-order valence-electron chi connectivity index (χ3n) is 7.35. The molecule has 1 aromatic heterocycles. The van der Waals surface area contributed by atoms with Crippen molar-refractivity contribution in [2.24, 2.45) is 16.8 Å². The second-order valence-corrected chi connectivity index (χ2v) is 10.4. The molecular formula is C28H43N7O. The Labute approximate surface area is 216 Å². The fourth-order valence-electron chi connectivity index (χ4n) is 4.63. The molecule has 196 valence electrons. The van der Waals surface area contributed by atoms with Crippen LogP contribution in [0, 0.1) is 11.8 Å². The second-order valence-electron chi connectivity index (χ2n) is 10.4. The molecule has 36 heavy (non-hydrogen) atoms. The Hall–Kier alpha value is -2.71. The number of anilines is 1. The van der Waals surface area contributed by atoms with E-state index in [0.29, 0.717) is 24.8 Å². The normalized spacial score (nSPS) is 20.1. The van der Waals surface area contributed by atoms with E-state index in [4.69, 9.17) is 4.99 Å². The third-order valence-corrected chi connectivity index (χ3v) is 7.35. The zero-order chi connectivity index (χ0) is 25.3. The molecule has 3 N–H and O–H groups in total. The molecule has 1 amide bonds. The Kier molecular flexibility index (Phi) is 9.53. The number of allylic oxidation sites excluding steroid dienone is 1. The van der Waals surface area contributed by atoms with Gasteiger partial charge in [-0.2, -0.15) is 0 Å². The highest BCUT2D eigenvalue weighted by atomic mass is 16.1. The van der Waals surface area contributed by atoms with E-state index >= 15 is 0 Å². The van der Waals surface area contributed by atoms with Gasteiger partial charge in [0.15, 0.2) is 0 Å². The van der Waals surface area contributed by atoms with Crippen LogP contribution in [0.2, 0.25) is 0 Å². The van der Waals surface area contributed by atoms with Crippen molar-refractivity contribution in [2.45, 2.75) is 52.0 Å². The van der Waals surface area contributed by atoms with Gasteiger partial charge in [0.05, 0.1) is 17.6 Å². The summed E-state index contributed by atoms with van der Waals surface area (Å²) in [6, 6.07) is 4.15. The van der Waals surface area contributed by atoms with Gasteiger partial charge in [0.25, 0.3) is 0 Å². The number of amides is 1. The number of nitrogens with zero attached hydrogens (tertiary/aromatic N) is 4. The summed E-state index contributed by atoms with van der Waals surface area (Å²) in [5.74, 6) is 2.57. The molecule has 8 heteroatoms. The van der Waals surface area contributed by atoms with E-state index in [2.05, 4.69) is 69.5 Å². The largest absolute Gasteiger partial charge is 0.356 e. The maximum atomic E-state index is 12.0. The predicted molar refractivity (Wildman–Crippen MR) is 147 cm³/mol. The fourth-order valence-corrected chi connectivity index (χ4v) is 4.63. The molecule has 0 spiro atoms. The lowest BCUT2D eigenvalue weighted by atomic mass is 9.85. The van der Waals surface area contributed by atoms with Gasteiger partial charge in [-0.25, -0.2) is 0 Å². The number of aliphatic imine (C=N–C) groups is 1. The Morgan fingerprint density at radius 3 is 2.56 bits per heavy atom. The molecule has 0 unspecified atom stereocenters. The lowest BCUT2D eigenvalue weighted by Gasteiger charge is -2.32. The lowest BCUT2D eigenvalue weighted by Crippen LogP contribution is -2.43. The van der Waals surface area contributed by atoms with Crippen molar-refractivity contribution < 1.29 is 4.79 Å². The van der Waals surface area contributed by atoms with Crippen molar-refractivity contribution >= 4 is 17.4 Å². The number of carbonyl (C=O) groups is 1. The fraction of sp³-hybridized carbons (Fsp3) is 0.607. The van der Waals surface area contributed by atoms with E-state index in [9.17, 15) is 4.79 Å². The first-order chi connectivity index (χ1) is 17.5. The van der Waals surface area contributed by atoms with E-state index in [-0.39, 0.29) is 11.8 Å². The number of hydrogen-bond donors (Lipinski definition) is 3. The summed E-state index contributed by atoms with van der Waals surface area (Å²) in [5.41, 5.74) is 3.23. The number of carbonyl (C=O) groups excluding carboxylic acids is 1. The monoisotopic (exact) mass is 493 g/mol. The van der Waals surface area contributed by atoms with Gasteiger partial charge in [-0.05, 0) is 69.7 Å². The van der Waals surface area contributed by atoms with E-state index < -0.39 is 0 Å². The molecule has 8 nitrogen and oxygen atoms in total. The molecule has 2 aliphatic carbocycles. The van der Waals surface area contributed by atoms with Crippen LogP contribution >= 0.6 is 0 Å². The number of rotatable bonds is 12. The molecular weight excluding hydrogens is 450 g/mol. The van der Waals surface area contributed by atoms with Crippen LogP contribution in [-0.2, 0) is 11.3 Å². The average molecular weight is 494 g/mol. The zero-order valence-electron chi connectivity index (χ0n) is 22.1. The molecule has 2 heterocycles. The first kappa shape index (κ1) is 26.4. The molecule has 3 fully saturated rings. The number of hydrogen-bond acceptors (Lipinski definition) is 6. The van der Waals surface area contributed by atoms with E-state index in [1.54, 1.807) is 0 Å². The maximum Gasteiger partial charge on any atom is 0.223 e. The van der Waals surface area contributed by atoms with Crippen molar-refractivity contribution in [3.05, 3.63) is 48.1 Å². The number of aromatic nitrogens is 1. The van der Waals surface area contributed by atoms with Crippen LogP contribution in [0.3, 0.4) is 0 Å². The molecule has 0 atom stereocenters. The standard InChI is InChI=1S/C28H43N7O/c1-4-26(22-9-10-22)27(29-13-6-14-30-28(36)23-7-5-8-23)33-21(2)32-24-11-12-25(31-19-24)20-35-17-15-34(3)16-18-35/h4,11-12,19,22-23,32H,2,5-10,13-18,20H2,1,3H3,(H,29,33)(H,30,36)/b26-4-. The van der Waals surface area contributed by atoms with Gasteiger partial charge in [-0.3, -0.25) is 19.7 Å². The van der Waals surface area contributed by atoms with Crippen LogP contribution < -0.4 is 16.0 Å². The first-order valence-electron chi connectivity index (χ1n) is 13.6. The zero-order valence-corrected chi connectivity index (χ0v) is 22.1. The number of nitrogens with one attached hydrogen (secondary N) is 3. The van der Waals surface area contributed by atoms with Crippen LogP contribution in [0.5, 0.6) is 0 Å². The van der Waals surface area contributed by atoms with E-state index in [1.807, 2.05) is 6.20 Å². The second kappa shape index (κ2) is 13.0. The molecule has 1 aliphatic heterocycles. The van der Waals surface area contributed by atoms with Gasteiger partial charge in [0, 0.05) is 51.7 Å². The van der Waals surface area contributed by atoms with Crippen molar-refractivity contribution in [3.63, 3.8) is 0 Å². The lowest BCUT2D eigenvalue weighted by molar-refractivity contribution is -0.127. The predicted octanol–water partition coefficient (Wildman–Crippen LogP) is 3.36. The van der Waals surface area contributed by atoms with Crippen LogP contribution in [0.15, 0.2) is 47.4 Å². The van der Waals surface area contributed by atoms with Crippen LogP contribution in [0.4, 0.5) is 5.69 Å². The van der Waals surface area contributed by atoms with Gasteiger partial charge in [0.1, 0.15) is 11.7 Å². The molecule has 0 aromatic carbocycles. The van der Waals surface area contributed by atoms with Crippen molar-refractivity contribution in [1.29, 1.82) is 0 Å². The van der Waals surface area contributed by atoms with Gasteiger partial charge in [-0.15, -0.1) is 0 Å². The Morgan fingerprint density at radius 1 is 1.17 bits per heavy atom. The number of pyridine rings is 1. The SMILES string of the molecule is C=C(NC(=NCCCNC(=O)C1CCC1)/C(=C\C)C1CC1)Nc1ccc(CN2CCN(C)CC2)nc1. The smallest absolute Gasteiger partial charge is 0.223 e. The number of amidine groups is 1. The molecule has 0 bridgehead atoms. The summed E-state index contributed by atoms with van der Waals surface area (Å²) in [6.07, 6.45) is 10.5. The summed E-state index contributed by atoms with van der Waals surface area (Å²) in [4.78, 5) is 26.4.